The highest BCUT2D eigenvalue weighted by molar-refractivity contribution is 5.04. The summed E-state index contributed by atoms with van der Waals surface area (Å²) in [4.78, 5) is 4.56. The van der Waals surface area contributed by atoms with Crippen LogP contribution in [0.4, 0.5) is 0 Å². The molecule has 1 unspecified atom stereocenters. The summed E-state index contributed by atoms with van der Waals surface area (Å²) < 4.78 is 0. The van der Waals surface area contributed by atoms with Gasteiger partial charge in [-0.1, -0.05) is 6.92 Å². The summed E-state index contributed by atoms with van der Waals surface area (Å²) >= 11 is 0. The quantitative estimate of drug-likeness (QED) is 0.544. The Labute approximate surface area is 63.1 Å². The van der Waals surface area contributed by atoms with Crippen molar-refractivity contribution in [3.05, 3.63) is 11.9 Å². The largest absolute Gasteiger partial charge is 0.359 e. The lowest BCUT2D eigenvalue weighted by molar-refractivity contribution is 0.191. The number of allylic oxidation sites excluding steroid dienone is 1. The molecule has 2 heteroatoms. The van der Waals surface area contributed by atoms with Crippen LogP contribution in [0, 0.1) is 0 Å². The highest BCUT2D eigenvalue weighted by Crippen LogP contribution is 2.20. The van der Waals surface area contributed by atoms with Gasteiger partial charge in [0.2, 0.25) is 0 Å². The third-order valence-corrected chi connectivity index (χ3v) is 2.23. The fourth-order valence-electron chi connectivity index (χ4n) is 1.54. The molecule has 0 aromatic rings. The molecule has 0 amide bonds. The predicted octanol–water partition coefficient (Wildman–Crippen LogP) is 1.46. The van der Waals surface area contributed by atoms with Gasteiger partial charge in [0.1, 0.15) is 0 Å². The normalized spacial score (nSPS) is 25.6. The molecule has 0 radical (unpaired) electrons. The van der Waals surface area contributed by atoms with Gasteiger partial charge in [0.05, 0.1) is 6.17 Å². The van der Waals surface area contributed by atoms with Crippen LogP contribution in [-0.2, 0) is 0 Å². The monoisotopic (exact) mass is 140 g/mol. The molecule has 58 valence electrons. The molecule has 1 atom stereocenters. The van der Waals surface area contributed by atoms with Crippen LogP contribution in [0.2, 0.25) is 0 Å². The van der Waals surface area contributed by atoms with Gasteiger partial charge in [0.15, 0.2) is 0 Å². The Hall–Kier alpha value is -0.660. The van der Waals surface area contributed by atoms with E-state index in [9.17, 15) is 0 Å². The second-order valence-corrected chi connectivity index (χ2v) is 2.94. The molecule has 1 aliphatic heterocycles. The molecule has 0 aliphatic carbocycles. The average Bonchev–Trinajstić information content (AvgIpc) is 2.09. The van der Waals surface area contributed by atoms with Crippen LogP contribution in [0.15, 0.2) is 11.9 Å². The zero-order valence-corrected chi connectivity index (χ0v) is 7.26. The summed E-state index contributed by atoms with van der Waals surface area (Å²) in [7, 11) is 4.27. The highest BCUT2D eigenvalue weighted by Gasteiger charge is 2.21. The molecule has 0 aromatic carbocycles. The zero-order valence-electron chi connectivity index (χ0n) is 7.26. The number of rotatable bonds is 1. The van der Waals surface area contributed by atoms with Gasteiger partial charge in [-0.05, 0) is 13.3 Å². The van der Waals surface area contributed by atoms with E-state index in [0.29, 0.717) is 6.17 Å². The molecule has 2 nitrogen and oxygen atoms in total. The molecular weight excluding hydrogens is 124 g/mol. The van der Waals surface area contributed by atoms with E-state index in [4.69, 9.17) is 0 Å². The van der Waals surface area contributed by atoms with Gasteiger partial charge in [-0.15, -0.1) is 0 Å². The Balaban J connectivity index is 2.66. The van der Waals surface area contributed by atoms with E-state index in [2.05, 4.69) is 43.9 Å². The molecule has 0 fully saturated rings. The molecule has 1 aliphatic rings. The first-order chi connectivity index (χ1) is 4.66. The van der Waals surface area contributed by atoms with Crippen molar-refractivity contribution in [1.82, 2.24) is 9.80 Å². The topological polar surface area (TPSA) is 6.48 Å². The van der Waals surface area contributed by atoms with E-state index >= 15 is 0 Å². The fraction of sp³-hybridized carbons (Fsp3) is 0.750. The second-order valence-electron chi connectivity index (χ2n) is 2.94. The molecule has 0 saturated heterocycles. The Morgan fingerprint density at radius 2 is 2.10 bits per heavy atom. The highest BCUT2D eigenvalue weighted by atomic mass is 15.4. The van der Waals surface area contributed by atoms with Crippen molar-refractivity contribution >= 4 is 0 Å². The first-order valence-corrected chi connectivity index (χ1v) is 3.80. The molecule has 1 rings (SSSR count). The summed E-state index contributed by atoms with van der Waals surface area (Å²) in [5.41, 5.74) is 1.36. The van der Waals surface area contributed by atoms with Crippen LogP contribution in [0.25, 0.3) is 0 Å². The van der Waals surface area contributed by atoms with Crippen LogP contribution in [-0.4, -0.2) is 30.1 Å². The van der Waals surface area contributed by atoms with E-state index in [1.54, 1.807) is 0 Å². The minimum absolute atomic E-state index is 0.583. The van der Waals surface area contributed by atoms with Gasteiger partial charge >= 0.3 is 0 Å². The minimum Gasteiger partial charge on any atom is -0.359 e. The molecule has 1 heterocycles. The van der Waals surface area contributed by atoms with Crippen LogP contribution in [0.1, 0.15) is 20.3 Å². The fourth-order valence-corrected chi connectivity index (χ4v) is 1.54. The van der Waals surface area contributed by atoms with Crippen LogP contribution in [0.3, 0.4) is 0 Å². The minimum atomic E-state index is 0.583. The van der Waals surface area contributed by atoms with E-state index in [1.807, 2.05) is 0 Å². The molecule has 0 bridgehead atoms. The Bertz CT molecular complexity index is 151. The van der Waals surface area contributed by atoms with Gasteiger partial charge < -0.3 is 9.80 Å². The molecule has 0 N–H and O–H groups in total. The maximum Gasteiger partial charge on any atom is 0.1000 e. The summed E-state index contributed by atoms with van der Waals surface area (Å²) in [6.45, 7) is 4.36. The number of nitrogens with zero attached hydrogens (tertiary/aromatic N) is 2. The lowest BCUT2D eigenvalue weighted by Gasteiger charge is -2.27. The van der Waals surface area contributed by atoms with Gasteiger partial charge in [-0.2, -0.15) is 0 Å². The van der Waals surface area contributed by atoms with Crippen molar-refractivity contribution in [2.75, 3.05) is 14.1 Å². The van der Waals surface area contributed by atoms with Gasteiger partial charge in [0, 0.05) is 26.0 Å². The van der Waals surface area contributed by atoms with Crippen molar-refractivity contribution in [3.63, 3.8) is 0 Å². The van der Waals surface area contributed by atoms with Crippen molar-refractivity contribution in [1.29, 1.82) is 0 Å². The lowest BCUT2D eigenvalue weighted by atomic mass is 10.3. The van der Waals surface area contributed by atoms with Crippen molar-refractivity contribution in [3.8, 4) is 0 Å². The van der Waals surface area contributed by atoms with E-state index in [1.165, 1.54) is 12.1 Å². The number of hydrogen-bond donors (Lipinski definition) is 0. The molecular formula is C8H16N2. The standard InChI is InChI=1S/C8H16N2/c1-5-8-9(3)6-7(2)10(8)4/h6,8H,5H2,1-4H3. The van der Waals surface area contributed by atoms with Crippen molar-refractivity contribution in [2.24, 2.45) is 0 Å². The molecule has 0 spiro atoms. The smallest absolute Gasteiger partial charge is 0.1000 e. The van der Waals surface area contributed by atoms with Crippen LogP contribution >= 0.6 is 0 Å². The maximum atomic E-state index is 2.31. The van der Waals surface area contributed by atoms with E-state index in [0.717, 1.165) is 0 Å². The SMILES string of the molecule is CCC1N(C)C=C(C)N1C. The first-order valence-electron chi connectivity index (χ1n) is 3.80. The molecule has 0 saturated carbocycles. The third-order valence-electron chi connectivity index (χ3n) is 2.23. The molecule has 0 aromatic heterocycles. The van der Waals surface area contributed by atoms with Crippen LogP contribution < -0.4 is 0 Å². The van der Waals surface area contributed by atoms with E-state index in [-0.39, 0.29) is 0 Å². The average molecular weight is 140 g/mol. The van der Waals surface area contributed by atoms with Crippen molar-refractivity contribution < 1.29 is 0 Å². The summed E-state index contributed by atoms with van der Waals surface area (Å²) in [6.07, 6.45) is 3.95. The summed E-state index contributed by atoms with van der Waals surface area (Å²) in [5, 5.41) is 0. The van der Waals surface area contributed by atoms with Crippen LogP contribution in [0.5, 0.6) is 0 Å². The first kappa shape index (κ1) is 7.45. The maximum absolute atomic E-state index is 2.31. The third kappa shape index (κ3) is 0.981. The van der Waals surface area contributed by atoms with Crippen molar-refractivity contribution in [2.45, 2.75) is 26.4 Å². The van der Waals surface area contributed by atoms with E-state index < -0.39 is 0 Å². The summed E-state index contributed by atoms with van der Waals surface area (Å²) in [6, 6.07) is 0. The van der Waals surface area contributed by atoms with Gasteiger partial charge in [-0.25, -0.2) is 0 Å². The van der Waals surface area contributed by atoms with Gasteiger partial charge in [-0.3, -0.25) is 0 Å². The molecule has 10 heavy (non-hydrogen) atoms. The van der Waals surface area contributed by atoms with Gasteiger partial charge in [0.25, 0.3) is 0 Å². The summed E-state index contributed by atoms with van der Waals surface area (Å²) in [5.74, 6) is 0. The lowest BCUT2D eigenvalue weighted by Crippen LogP contribution is -2.34. The Kier molecular flexibility index (Phi) is 1.88. The Morgan fingerprint density at radius 1 is 1.50 bits per heavy atom. The Morgan fingerprint density at radius 3 is 2.30 bits per heavy atom. The zero-order chi connectivity index (χ0) is 7.72. The second kappa shape index (κ2) is 2.52. The number of hydrogen-bond acceptors (Lipinski definition) is 2. The predicted molar refractivity (Wildman–Crippen MR) is 43.4 cm³/mol.